The molecule has 82 valence electrons. The molecule has 1 aliphatic heterocycles. The lowest BCUT2D eigenvalue weighted by Gasteiger charge is -2.15. The minimum Gasteiger partial charge on any atom is -0.271 e. The molecule has 2 rings (SSSR count). The van der Waals surface area contributed by atoms with Crippen LogP contribution in [0.5, 0.6) is 0 Å². The normalized spacial score (nSPS) is 19.8. The Morgan fingerprint density at radius 1 is 1.44 bits per heavy atom. The van der Waals surface area contributed by atoms with Crippen LogP contribution in [0.3, 0.4) is 0 Å². The number of carbonyl (C=O) groups is 1. The van der Waals surface area contributed by atoms with Crippen molar-refractivity contribution < 1.29 is 9.63 Å². The topological polar surface area (TPSA) is 53.3 Å². The Morgan fingerprint density at radius 2 is 2.19 bits per heavy atom. The highest BCUT2D eigenvalue weighted by Crippen LogP contribution is 2.18. The molecule has 0 bridgehead atoms. The van der Waals surface area contributed by atoms with Crippen LogP contribution in [0, 0.1) is 17.2 Å². The van der Waals surface area contributed by atoms with Crippen LogP contribution in [0.4, 0.5) is 0 Å². The molecule has 0 radical (unpaired) electrons. The Balaban J connectivity index is 1.89. The smallest absolute Gasteiger partial charge is 0.263 e. The number of hydroxylamine groups is 2. The predicted octanol–water partition coefficient (Wildman–Crippen LogP) is 1.49. The van der Waals surface area contributed by atoms with Gasteiger partial charge in [-0.3, -0.25) is 9.63 Å². The van der Waals surface area contributed by atoms with E-state index in [9.17, 15) is 4.79 Å². The van der Waals surface area contributed by atoms with Gasteiger partial charge in [-0.25, -0.2) is 5.06 Å². The van der Waals surface area contributed by atoms with Gasteiger partial charge >= 0.3 is 0 Å². The lowest BCUT2D eigenvalue weighted by atomic mass is 10.1. The number of amides is 1. The molecule has 1 fully saturated rings. The van der Waals surface area contributed by atoms with Crippen molar-refractivity contribution in [1.82, 2.24) is 5.06 Å². The highest BCUT2D eigenvalue weighted by atomic mass is 16.7. The van der Waals surface area contributed by atoms with Crippen molar-refractivity contribution >= 4 is 5.91 Å². The van der Waals surface area contributed by atoms with E-state index < -0.39 is 5.92 Å². The first kappa shape index (κ1) is 10.7. The Morgan fingerprint density at radius 3 is 2.81 bits per heavy atom. The van der Waals surface area contributed by atoms with Gasteiger partial charge in [0.2, 0.25) is 0 Å². The van der Waals surface area contributed by atoms with E-state index in [2.05, 4.69) is 0 Å². The molecule has 0 aliphatic carbocycles. The SMILES string of the molecule is N#CC1CCN(OCc2ccccc2)C1=O. The van der Waals surface area contributed by atoms with Gasteiger partial charge in [0.25, 0.3) is 5.91 Å². The maximum Gasteiger partial charge on any atom is 0.263 e. The standard InChI is InChI=1S/C12H12N2O2/c13-8-11-6-7-14(12(11)15)16-9-10-4-2-1-3-5-10/h1-5,11H,6-7,9H2. The number of benzene rings is 1. The minimum atomic E-state index is -0.532. The van der Waals surface area contributed by atoms with E-state index in [-0.39, 0.29) is 5.91 Å². The molecule has 1 unspecified atom stereocenters. The zero-order chi connectivity index (χ0) is 11.4. The largest absolute Gasteiger partial charge is 0.271 e. The summed E-state index contributed by atoms with van der Waals surface area (Å²) in [5.41, 5.74) is 1.01. The summed E-state index contributed by atoms with van der Waals surface area (Å²) in [4.78, 5) is 16.9. The van der Waals surface area contributed by atoms with Crippen molar-refractivity contribution in [2.24, 2.45) is 5.92 Å². The van der Waals surface area contributed by atoms with E-state index in [1.54, 1.807) is 0 Å². The Hall–Kier alpha value is -1.86. The summed E-state index contributed by atoms with van der Waals surface area (Å²) in [6.45, 7) is 0.870. The van der Waals surface area contributed by atoms with Crippen molar-refractivity contribution in [3.05, 3.63) is 35.9 Å². The molecule has 1 atom stereocenters. The van der Waals surface area contributed by atoms with E-state index in [0.717, 1.165) is 5.56 Å². The van der Waals surface area contributed by atoms with E-state index in [1.165, 1.54) is 5.06 Å². The summed E-state index contributed by atoms with van der Waals surface area (Å²) < 4.78 is 0. The van der Waals surface area contributed by atoms with E-state index in [0.29, 0.717) is 19.6 Å². The van der Waals surface area contributed by atoms with Crippen LogP contribution < -0.4 is 0 Å². The summed E-state index contributed by atoms with van der Waals surface area (Å²) in [6, 6.07) is 11.6. The molecular weight excluding hydrogens is 204 g/mol. The molecule has 0 N–H and O–H groups in total. The van der Waals surface area contributed by atoms with E-state index in [4.69, 9.17) is 10.1 Å². The van der Waals surface area contributed by atoms with E-state index in [1.807, 2.05) is 36.4 Å². The maximum absolute atomic E-state index is 11.5. The number of rotatable bonds is 3. The third-order valence-electron chi connectivity index (χ3n) is 2.55. The van der Waals surface area contributed by atoms with Gasteiger partial charge in [-0.2, -0.15) is 5.26 Å². The molecule has 16 heavy (non-hydrogen) atoms. The zero-order valence-electron chi connectivity index (χ0n) is 8.80. The average Bonchev–Trinajstić information content (AvgIpc) is 2.69. The monoisotopic (exact) mass is 216 g/mol. The molecular formula is C12H12N2O2. The Labute approximate surface area is 94.0 Å². The summed E-state index contributed by atoms with van der Waals surface area (Å²) in [7, 11) is 0. The van der Waals surface area contributed by atoms with Gasteiger partial charge in [0.15, 0.2) is 0 Å². The molecule has 4 heteroatoms. The third-order valence-corrected chi connectivity index (χ3v) is 2.55. The molecule has 0 aromatic heterocycles. The summed E-state index contributed by atoms with van der Waals surface area (Å²) in [6.07, 6.45) is 0.560. The number of nitriles is 1. The van der Waals surface area contributed by atoms with Gasteiger partial charge < -0.3 is 0 Å². The van der Waals surface area contributed by atoms with Gasteiger partial charge in [-0.1, -0.05) is 30.3 Å². The lowest BCUT2D eigenvalue weighted by molar-refractivity contribution is -0.183. The van der Waals surface area contributed by atoms with Crippen LogP contribution in [0.25, 0.3) is 0 Å². The average molecular weight is 216 g/mol. The van der Waals surface area contributed by atoms with Crippen LogP contribution in [-0.2, 0) is 16.2 Å². The molecule has 0 saturated carbocycles. The zero-order valence-corrected chi connectivity index (χ0v) is 8.80. The molecule has 1 amide bonds. The van der Waals surface area contributed by atoms with Gasteiger partial charge in [-0.15, -0.1) is 0 Å². The molecule has 1 saturated heterocycles. The quantitative estimate of drug-likeness (QED) is 0.769. The highest BCUT2D eigenvalue weighted by molar-refractivity contribution is 5.82. The Kier molecular flexibility index (Phi) is 3.18. The molecule has 1 aliphatic rings. The fourth-order valence-corrected chi connectivity index (χ4v) is 1.63. The summed E-state index contributed by atoms with van der Waals surface area (Å²) >= 11 is 0. The second-order valence-electron chi connectivity index (χ2n) is 3.67. The fourth-order valence-electron chi connectivity index (χ4n) is 1.63. The first-order valence-corrected chi connectivity index (χ1v) is 5.19. The van der Waals surface area contributed by atoms with Crippen molar-refractivity contribution in [1.29, 1.82) is 5.26 Å². The lowest BCUT2D eigenvalue weighted by Crippen LogP contribution is -2.27. The highest BCUT2D eigenvalue weighted by Gasteiger charge is 2.32. The second kappa shape index (κ2) is 4.77. The second-order valence-corrected chi connectivity index (χ2v) is 3.67. The van der Waals surface area contributed by atoms with Crippen molar-refractivity contribution in [2.45, 2.75) is 13.0 Å². The number of nitrogens with zero attached hydrogens (tertiary/aromatic N) is 2. The third kappa shape index (κ3) is 2.20. The van der Waals surface area contributed by atoms with Crippen LogP contribution in [0.15, 0.2) is 30.3 Å². The van der Waals surface area contributed by atoms with E-state index >= 15 is 0 Å². The molecule has 4 nitrogen and oxygen atoms in total. The molecule has 0 spiro atoms. The predicted molar refractivity (Wildman–Crippen MR) is 56.7 cm³/mol. The molecule has 1 aromatic rings. The van der Waals surface area contributed by atoms with Crippen LogP contribution in [0.1, 0.15) is 12.0 Å². The minimum absolute atomic E-state index is 0.224. The Bertz CT molecular complexity index is 411. The van der Waals surface area contributed by atoms with Crippen molar-refractivity contribution in [3.8, 4) is 6.07 Å². The number of carbonyl (C=O) groups excluding carboxylic acids is 1. The molecule has 1 aromatic carbocycles. The summed E-state index contributed by atoms with van der Waals surface area (Å²) in [5.74, 6) is -0.755. The van der Waals surface area contributed by atoms with Gasteiger partial charge in [-0.05, 0) is 12.0 Å². The van der Waals surface area contributed by atoms with Crippen molar-refractivity contribution in [3.63, 3.8) is 0 Å². The van der Waals surface area contributed by atoms with Crippen LogP contribution >= 0.6 is 0 Å². The molecule has 1 heterocycles. The van der Waals surface area contributed by atoms with Crippen LogP contribution in [0.2, 0.25) is 0 Å². The fraction of sp³-hybridized carbons (Fsp3) is 0.333. The van der Waals surface area contributed by atoms with Crippen molar-refractivity contribution in [2.75, 3.05) is 6.54 Å². The number of hydrogen-bond acceptors (Lipinski definition) is 3. The number of hydrogen-bond donors (Lipinski definition) is 0. The summed E-state index contributed by atoms with van der Waals surface area (Å²) in [5, 5.41) is 9.98. The van der Waals surface area contributed by atoms with Gasteiger partial charge in [0.1, 0.15) is 12.5 Å². The first-order valence-electron chi connectivity index (χ1n) is 5.19. The van der Waals surface area contributed by atoms with Gasteiger partial charge in [0, 0.05) is 0 Å². The van der Waals surface area contributed by atoms with Crippen LogP contribution in [-0.4, -0.2) is 17.5 Å². The first-order chi connectivity index (χ1) is 7.81. The van der Waals surface area contributed by atoms with Gasteiger partial charge in [0.05, 0.1) is 12.6 Å². The maximum atomic E-state index is 11.5.